The van der Waals surface area contributed by atoms with Crippen molar-refractivity contribution < 1.29 is 22.8 Å². The summed E-state index contributed by atoms with van der Waals surface area (Å²) < 4.78 is 37.3. The number of nitrogens with zero attached hydrogens (tertiary/aromatic N) is 2. The van der Waals surface area contributed by atoms with Gasteiger partial charge in [-0.05, 0) is 36.6 Å². The van der Waals surface area contributed by atoms with Crippen LogP contribution >= 0.6 is 0 Å². The molecule has 0 fully saturated rings. The van der Waals surface area contributed by atoms with Gasteiger partial charge in [0.25, 0.3) is 5.69 Å². The molecule has 2 rings (SSSR count). The molecule has 0 saturated carbocycles. The van der Waals surface area contributed by atoms with E-state index in [-0.39, 0.29) is 17.1 Å². The maximum Gasteiger partial charge on any atom is 0.270 e. The van der Waals surface area contributed by atoms with E-state index in [1.54, 1.807) is 26.2 Å². The van der Waals surface area contributed by atoms with E-state index in [2.05, 4.69) is 0 Å². The van der Waals surface area contributed by atoms with Crippen LogP contribution in [0.3, 0.4) is 0 Å². The van der Waals surface area contributed by atoms with Crippen LogP contribution in [-0.2, 0) is 16.4 Å². The lowest BCUT2D eigenvalue weighted by Crippen LogP contribution is -2.29. The number of nitro benzene ring substituents is 1. The summed E-state index contributed by atoms with van der Waals surface area (Å²) in [6.45, 7) is 1.82. The van der Waals surface area contributed by atoms with Crippen molar-refractivity contribution in [3.63, 3.8) is 0 Å². The van der Waals surface area contributed by atoms with E-state index in [9.17, 15) is 18.5 Å². The maximum atomic E-state index is 12.8. The van der Waals surface area contributed by atoms with E-state index < -0.39 is 14.9 Å². The molecular weight excluding hydrogens is 372 g/mol. The van der Waals surface area contributed by atoms with Crippen LogP contribution in [0.25, 0.3) is 0 Å². The van der Waals surface area contributed by atoms with Gasteiger partial charge in [0.1, 0.15) is 0 Å². The Labute approximate surface area is 158 Å². The molecule has 0 N–H and O–H groups in total. The Bertz CT molecular complexity index is 943. The highest BCUT2D eigenvalue weighted by Crippen LogP contribution is 2.28. The van der Waals surface area contributed by atoms with E-state index >= 15 is 0 Å². The quantitative estimate of drug-likeness (QED) is 0.504. The van der Waals surface area contributed by atoms with E-state index in [4.69, 9.17) is 9.47 Å². The summed E-state index contributed by atoms with van der Waals surface area (Å²) in [6.07, 6.45) is 0.448. The topological polar surface area (TPSA) is 99.0 Å². The minimum atomic E-state index is -3.85. The van der Waals surface area contributed by atoms with E-state index in [0.29, 0.717) is 23.5 Å². The van der Waals surface area contributed by atoms with Crippen LogP contribution in [0.1, 0.15) is 11.1 Å². The molecule has 27 heavy (non-hydrogen) atoms. The number of aryl methyl sites for hydroxylation is 1. The first kappa shape index (κ1) is 20.7. The molecule has 8 nitrogen and oxygen atoms in total. The van der Waals surface area contributed by atoms with Crippen LogP contribution in [0.5, 0.6) is 11.5 Å². The summed E-state index contributed by atoms with van der Waals surface area (Å²) in [6, 6.07) is 9.20. The molecule has 0 radical (unpaired) electrons. The lowest BCUT2D eigenvalue weighted by Gasteiger charge is -2.19. The van der Waals surface area contributed by atoms with E-state index in [1.165, 1.54) is 30.6 Å². The second-order valence-electron chi connectivity index (χ2n) is 5.97. The highest BCUT2D eigenvalue weighted by Gasteiger charge is 2.25. The summed E-state index contributed by atoms with van der Waals surface area (Å²) >= 11 is 0. The van der Waals surface area contributed by atoms with Crippen LogP contribution in [0.2, 0.25) is 0 Å². The third kappa shape index (κ3) is 4.55. The standard InChI is InChI=1S/C18H22N2O6S/c1-13-5-7-15(20(21)22)12-18(13)27(23,24)19(2)10-9-14-6-8-16(25-3)17(11-14)26-4/h5-8,11-12H,9-10H2,1-4H3. The smallest absolute Gasteiger partial charge is 0.270 e. The van der Waals surface area contributed by atoms with Gasteiger partial charge in [-0.25, -0.2) is 12.7 Å². The number of likely N-dealkylation sites (N-methyl/N-ethyl adjacent to an activating group) is 1. The summed E-state index contributed by atoms with van der Waals surface area (Å²) in [7, 11) is 0.673. The summed E-state index contributed by atoms with van der Waals surface area (Å²) in [4.78, 5) is 10.3. The van der Waals surface area contributed by atoms with Crippen LogP contribution in [-0.4, -0.2) is 45.5 Å². The first-order valence-corrected chi connectivity index (χ1v) is 9.57. The van der Waals surface area contributed by atoms with Crippen molar-refractivity contribution >= 4 is 15.7 Å². The van der Waals surface area contributed by atoms with E-state index in [0.717, 1.165) is 11.6 Å². The summed E-state index contributed by atoms with van der Waals surface area (Å²) in [5.41, 5.74) is 1.08. The van der Waals surface area contributed by atoms with Crippen molar-refractivity contribution in [2.45, 2.75) is 18.2 Å². The Kier molecular flexibility index (Phi) is 6.40. The van der Waals surface area contributed by atoms with Gasteiger partial charge in [-0.1, -0.05) is 12.1 Å². The number of hydrogen-bond donors (Lipinski definition) is 0. The van der Waals surface area contributed by atoms with Gasteiger partial charge < -0.3 is 9.47 Å². The fourth-order valence-corrected chi connectivity index (χ4v) is 4.00. The number of non-ortho nitro benzene ring substituents is 1. The Morgan fingerprint density at radius 1 is 1.07 bits per heavy atom. The molecule has 0 aliphatic carbocycles. The van der Waals surface area contributed by atoms with Crippen LogP contribution in [0.4, 0.5) is 5.69 Å². The Hall–Kier alpha value is -2.65. The Morgan fingerprint density at radius 3 is 2.33 bits per heavy atom. The van der Waals surface area contributed by atoms with Crippen LogP contribution < -0.4 is 9.47 Å². The first-order valence-electron chi connectivity index (χ1n) is 8.13. The highest BCUT2D eigenvalue weighted by molar-refractivity contribution is 7.89. The van der Waals surface area contributed by atoms with Crippen molar-refractivity contribution in [2.75, 3.05) is 27.8 Å². The largest absolute Gasteiger partial charge is 0.493 e. The molecule has 0 spiro atoms. The number of benzene rings is 2. The van der Waals surface area contributed by atoms with Crippen molar-refractivity contribution in [2.24, 2.45) is 0 Å². The molecule has 0 bridgehead atoms. The molecule has 0 aliphatic rings. The predicted octanol–water partition coefficient (Wildman–Crippen LogP) is 2.78. The molecular formula is C18H22N2O6S. The Morgan fingerprint density at radius 2 is 1.74 bits per heavy atom. The van der Waals surface area contributed by atoms with Crippen LogP contribution in [0, 0.1) is 17.0 Å². The molecule has 0 atom stereocenters. The van der Waals surface area contributed by atoms with Crippen LogP contribution in [0.15, 0.2) is 41.3 Å². The second-order valence-corrected chi connectivity index (χ2v) is 7.99. The third-order valence-electron chi connectivity index (χ3n) is 4.23. The van der Waals surface area contributed by atoms with Crippen molar-refractivity contribution in [3.05, 3.63) is 57.6 Å². The predicted molar refractivity (Wildman–Crippen MR) is 101 cm³/mol. The lowest BCUT2D eigenvalue weighted by molar-refractivity contribution is -0.385. The normalized spacial score (nSPS) is 11.4. The second kappa shape index (κ2) is 8.36. The number of nitro groups is 1. The molecule has 2 aromatic carbocycles. The molecule has 0 amide bonds. The fourth-order valence-electron chi connectivity index (χ4n) is 2.59. The van der Waals surface area contributed by atoms with Gasteiger partial charge in [0.15, 0.2) is 11.5 Å². The summed E-state index contributed by atoms with van der Waals surface area (Å²) in [5, 5.41) is 11.0. The minimum absolute atomic E-state index is 0.0634. The highest BCUT2D eigenvalue weighted by atomic mass is 32.2. The van der Waals surface area contributed by atoms with Gasteiger partial charge in [-0.3, -0.25) is 10.1 Å². The van der Waals surface area contributed by atoms with Gasteiger partial charge in [0.05, 0.1) is 24.0 Å². The average Bonchev–Trinajstić information content (AvgIpc) is 2.65. The molecule has 9 heteroatoms. The fraction of sp³-hybridized carbons (Fsp3) is 0.333. The zero-order chi connectivity index (χ0) is 20.2. The number of hydrogen-bond acceptors (Lipinski definition) is 6. The van der Waals surface area contributed by atoms with E-state index in [1.807, 2.05) is 6.07 Å². The lowest BCUT2D eigenvalue weighted by atomic mass is 10.1. The molecule has 0 saturated heterocycles. The molecule has 146 valence electrons. The first-order chi connectivity index (χ1) is 12.7. The zero-order valence-electron chi connectivity index (χ0n) is 15.6. The molecule has 2 aromatic rings. The van der Waals surface area contributed by atoms with Gasteiger partial charge >= 0.3 is 0 Å². The number of rotatable bonds is 8. The van der Waals surface area contributed by atoms with Gasteiger partial charge in [0, 0.05) is 25.7 Å². The molecule has 0 aromatic heterocycles. The minimum Gasteiger partial charge on any atom is -0.493 e. The van der Waals surface area contributed by atoms with Crippen molar-refractivity contribution in [3.8, 4) is 11.5 Å². The monoisotopic (exact) mass is 394 g/mol. The SMILES string of the molecule is COc1ccc(CCN(C)S(=O)(=O)c2cc([N+](=O)[O-])ccc2C)cc1OC. The maximum absolute atomic E-state index is 12.8. The van der Waals surface area contributed by atoms with Crippen molar-refractivity contribution in [1.29, 1.82) is 0 Å². The molecule has 0 unspecified atom stereocenters. The Balaban J connectivity index is 2.21. The average molecular weight is 394 g/mol. The molecule has 0 heterocycles. The third-order valence-corrected chi connectivity index (χ3v) is 6.23. The van der Waals surface area contributed by atoms with Gasteiger partial charge in [-0.2, -0.15) is 0 Å². The van der Waals surface area contributed by atoms with Gasteiger partial charge in [-0.15, -0.1) is 0 Å². The van der Waals surface area contributed by atoms with Gasteiger partial charge in [0.2, 0.25) is 10.0 Å². The number of ether oxygens (including phenoxy) is 2. The zero-order valence-corrected chi connectivity index (χ0v) is 16.4. The van der Waals surface area contributed by atoms with Crippen molar-refractivity contribution in [1.82, 2.24) is 4.31 Å². The number of methoxy groups -OCH3 is 2. The molecule has 0 aliphatic heterocycles. The summed E-state index contributed by atoms with van der Waals surface area (Å²) in [5.74, 6) is 1.16. The number of sulfonamides is 1.